The Balaban J connectivity index is 1.69. The first-order chi connectivity index (χ1) is 15.0. The highest BCUT2D eigenvalue weighted by Gasteiger charge is 2.42. The molecule has 4 rings (SSSR count). The molecule has 31 heavy (non-hydrogen) atoms. The van der Waals surface area contributed by atoms with Crippen molar-refractivity contribution in [2.75, 3.05) is 39.8 Å². The second kappa shape index (κ2) is 8.94. The number of piperazine rings is 1. The third kappa shape index (κ3) is 4.35. The van der Waals surface area contributed by atoms with Crippen LogP contribution >= 0.6 is 0 Å². The number of imide groups is 1. The molecule has 2 aliphatic heterocycles. The SMILES string of the molecule is CCOc1ccc(C2=C(N3CCN(C)CC3)C(=O)N(Cc3ccc(C)cc3)C2=O)cc1. The molecular formula is C25H29N3O3. The van der Waals surface area contributed by atoms with E-state index in [-0.39, 0.29) is 18.4 Å². The third-order valence-corrected chi connectivity index (χ3v) is 5.88. The van der Waals surface area contributed by atoms with E-state index in [0.717, 1.165) is 48.6 Å². The van der Waals surface area contributed by atoms with Crippen LogP contribution in [-0.2, 0) is 16.1 Å². The Labute approximate surface area is 183 Å². The number of likely N-dealkylation sites (N-methyl/N-ethyl adjacent to an activating group) is 1. The Morgan fingerprint density at radius 2 is 1.52 bits per heavy atom. The molecule has 0 unspecified atom stereocenters. The summed E-state index contributed by atoms with van der Waals surface area (Å²) in [5.74, 6) is 0.309. The quantitative estimate of drug-likeness (QED) is 0.674. The molecule has 0 N–H and O–H groups in total. The highest BCUT2D eigenvalue weighted by atomic mass is 16.5. The number of hydrogen-bond acceptors (Lipinski definition) is 5. The van der Waals surface area contributed by atoms with Crippen molar-refractivity contribution in [3.63, 3.8) is 0 Å². The summed E-state index contributed by atoms with van der Waals surface area (Å²) >= 11 is 0. The zero-order valence-electron chi connectivity index (χ0n) is 18.4. The van der Waals surface area contributed by atoms with Crippen LogP contribution in [0.3, 0.4) is 0 Å². The molecule has 0 spiro atoms. The van der Waals surface area contributed by atoms with Gasteiger partial charge in [0.15, 0.2) is 0 Å². The number of rotatable bonds is 6. The molecule has 6 nitrogen and oxygen atoms in total. The second-order valence-corrected chi connectivity index (χ2v) is 8.15. The summed E-state index contributed by atoms with van der Waals surface area (Å²) in [6.07, 6.45) is 0. The van der Waals surface area contributed by atoms with Gasteiger partial charge in [0.05, 0.1) is 18.7 Å². The lowest BCUT2D eigenvalue weighted by Crippen LogP contribution is -2.46. The molecule has 0 radical (unpaired) electrons. The predicted octanol–water partition coefficient (Wildman–Crippen LogP) is 2.92. The average Bonchev–Trinajstić information content (AvgIpc) is 3.01. The minimum Gasteiger partial charge on any atom is -0.494 e. The van der Waals surface area contributed by atoms with E-state index in [0.29, 0.717) is 17.9 Å². The van der Waals surface area contributed by atoms with Gasteiger partial charge in [-0.15, -0.1) is 0 Å². The number of benzene rings is 2. The predicted molar refractivity (Wildman–Crippen MR) is 120 cm³/mol. The number of carbonyl (C=O) groups is 2. The van der Waals surface area contributed by atoms with Crippen LogP contribution in [0.15, 0.2) is 54.2 Å². The topological polar surface area (TPSA) is 53.1 Å². The van der Waals surface area contributed by atoms with Crippen LogP contribution in [0.2, 0.25) is 0 Å². The molecule has 2 amide bonds. The van der Waals surface area contributed by atoms with E-state index in [9.17, 15) is 9.59 Å². The van der Waals surface area contributed by atoms with E-state index in [1.54, 1.807) is 0 Å². The first kappa shape index (κ1) is 21.1. The maximum Gasteiger partial charge on any atom is 0.278 e. The van der Waals surface area contributed by atoms with E-state index in [1.165, 1.54) is 4.90 Å². The van der Waals surface area contributed by atoms with Crippen molar-refractivity contribution in [3.05, 3.63) is 70.9 Å². The molecule has 0 saturated carbocycles. The lowest BCUT2D eigenvalue weighted by molar-refractivity contribution is -0.138. The number of carbonyl (C=O) groups excluding carboxylic acids is 2. The fourth-order valence-electron chi connectivity index (χ4n) is 4.05. The molecular weight excluding hydrogens is 390 g/mol. The van der Waals surface area contributed by atoms with Gasteiger partial charge in [-0.3, -0.25) is 14.5 Å². The standard InChI is InChI=1S/C25H29N3O3/c1-4-31-21-11-9-20(10-12-21)22-23(27-15-13-26(3)14-16-27)25(30)28(24(22)29)17-19-7-5-18(2)6-8-19/h5-12H,4,13-17H2,1-3H3. The van der Waals surface area contributed by atoms with Crippen LogP contribution < -0.4 is 4.74 Å². The fraction of sp³-hybridized carbons (Fsp3) is 0.360. The zero-order valence-corrected chi connectivity index (χ0v) is 18.4. The third-order valence-electron chi connectivity index (χ3n) is 5.88. The molecule has 0 aliphatic carbocycles. The molecule has 2 heterocycles. The van der Waals surface area contributed by atoms with Crippen molar-refractivity contribution >= 4 is 17.4 Å². The van der Waals surface area contributed by atoms with Gasteiger partial charge in [0.1, 0.15) is 11.4 Å². The molecule has 0 aromatic heterocycles. The van der Waals surface area contributed by atoms with E-state index in [2.05, 4.69) is 16.8 Å². The van der Waals surface area contributed by atoms with Gasteiger partial charge in [0.2, 0.25) is 0 Å². The number of hydrogen-bond donors (Lipinski definition) is 0. The molecule has 2 aromatic carbocycles. The highest BCUT2D eigenvalue weighted by Crippen LogP contribution is 2.33. The summed E-state index contributed by atoms with van der Waals surface area (Å²) < 4.78 is 5.54. The summed E-state index contributed by atoms with van der Waals surface area (Å²) in [6, 6.07) is 15.4. The highest BCUT2D eigenvalue weighted by molar-refractivity contribution is 6.35. The van der Waals surface area contributed by atoms with Gasteiger partial charge in [-0.05, 0) is 44.2 Å². The monoisotopic (exact) mass is 419 g/mol. The molecule has 1 fully saturated rings. The van der Waals surface area contributed by atoms with Gasteiger partial charge in [-0.1, -0.05) is 42.0 Å². The fourth-order valence-corrected chi connectivity index (χ4v) is 4.05. The van der Waals surface area contributed by atoms with Crippen LogP contribution in [-0.4, -0.2) is 66.3 Å². The molecule has 2 aromatic rings. The Bertz CT molecular complexity index is 988. The van der Waals surface area contributed by atoms with E-state index >= 15 is 0 Å². The Kier molecular flexibility index (Phi) is 6.09. The molecule has 1 saturated heterocycles. The number of aryl methyl sites for hydroxylation is 1. The van der Waals surface area contributed by atoms with Gasteiger partial charge in [-0.25, -0.2) is 0 Å². The Morgan fingerprint density at radius 3 is 2.13 bits per heavy atom. The smallest absolute Gasteiger partial charge is 0.278 e. The summed E-state index contributed by atoms with van der Waals surface area (Å²) in [6.45, 7) is 7.98. The van der Waals surface area contributed by atoms with Crippen molar-refractivity contribution in [2.24, 2.45) is 0 Å². The van der Waals surface area contributed by atoms with Gasteiger partial charge in [0, 0.05) is 26.2 Å². The first-order valence-electron chi connectivity index (χ1n) is 10.8. The molecule has 0 atom stereocenters. The minimum absolute atomic E-state index is 0.209. The maximum atomic E-state index is 13.5. The normalized spacial score (nSPS) is 17.6. The van der Waals surface area contributed by atoms with Crippen molar-refractivity contribution in [3.8, 4) is 5.75 Å². The average molecular weight is 420 g/mol. The Morgan fingerprint density at radius 1 is 0.871 bits per heavy atom. The lowest BCUT2D eigenvalue weighted by atomic mass is 10.0. The van der Waals surface area contributed by atoms with Crippen molar-refractivity contribution in [1.82, 2.24) is 14.7 Å². The van der Waals surface area contributed by atoms with Crippen LogP contribution in [0.1, 0.15) is 23.6 Å². The maximum absolute atomic E-state index is 13.5. The summed E-state index contributed by atoms with van der Waals surface area (Å²) in [5, 5.41) is 0. The molecule has 2 aliphatic rings. The van der Waals surface area contributed by atoms with Gasteiger partial charge < -0.3 is 14.5 Å². The first-order valence-corrected chi connectivity index (χ1v) is 10.8. The molecule has 6 heteroatoms. The van der Waals surface area contributed by atoms with E-state index in [4.69, 9.17) is 4.74 Å². The summed E-state index contributed by atoms with van der Waals surface area (Å²) in [5.41, 5.74) is 3.85. The molecule has 0 bridgehead atoms. The van der Waals surface area contributed by atoms with Crippen molar-refractivity contribution in [2.45, 2.75) is 20.4 Å². The minimum atomic E-state index is -0.233. The number of nitrogens with zero attached hydrogens (tertiary/aromatic N) is 3. The van der Waals surface area contributed by atoms with Crippen LogP contribution in [0.4, 0.5) is 0 Å². The van der Waals surface area contributed by atoms with Gasteiger partial charge >= 0.3 is 0 Å². The van der Waals surface area contributed by atoms with Gasteiger partial charge in [-0.2, -0.15) is 0 Å². The number of ether oxygens (including phenoxy) is 1. The second-order valence-electron chi connectivity index (χ2n) is 8.15. The molecule has 162 valence electrons. The zero-order chi connectivity index (χ0) is 22.0. The van der Waals surface area contributed by atoms with Crippen molar-refractivity contribution in [1.29, 1.82) is 0 Å². The Hall–Kier alpha value is -3.12. The van der Waals surface area contributed by atoms with Crippen LogP contribution in [0.5, 0.6) is 5.75 Å². The van der Waals surface area contributed by atoms with E-state index in [1.807, 2.05) is 62.4 Å². The van der Waals surface area contributed by atoms with E-state index < -0.39 is 0 Å². The summed E-state index contributed by atoms with van der Waals surface area (Å²) in [7, 11) is 2.07. The largest absolute Gasteiger partial charge is 0.494 e. The lowest BCUT2D eigenvalue weighted by Gasteiger charge is -2.34. The van der Waals surface area contributed by atoms with Crippen molar-refractivity contribution < 1.29 is 14.3 Å². The summed E-state index contributed by atoms with van der Waals surface area (Å²) in [4.78, 5) is 32.7. The van der Waals surface area contributed by atoms with Crippen LogP contribution in [0, 0.1) is 6.92 Å². The van der Waals surface area contributed by atoms with Crippen LogP contribution in [0.25, 0.3) is 5.57 Å². The number of amides is 2. The van der Waals surface area contributed by atoms with Gasteiger partial charge in [0.25, 0.3) is 11.8 Å².